The van der Waals surface area contributed by atoms with E-state index in [0.717, 1.165) is 23.3 Å². The summed E-state index contributed by atoms with van der Waals surface area (Å²) in [5.41, 5.74) is 5.24. The van der Waals surface area contributed by atoms with Gasteiger partial charge in [0, 0.05) is 11.0 Å². The largest absolute Gasteiger partial charge is 0.337 e. The number of hydrogen-bond donors (Lipinski definition) is 2. The topological polar surface area (TPSA) is 64.1 Å². The van der Waals surface area contributed by atoms with Gasteiger partial charge < -0.3 is 4.52 Å². The molecule has 4 fully saturated rings. The third kappa shape index (κ3) is 1.32. The fourth-order valence-electron chi connectivity index (χ4n) is 5.37. The van der Waals surface area contributed by atoms with Gasteiger partial charge in [0.05, 0.1) is 5.69 Å². The second-order valence-electron chi connectivity index (χ2n) is 6.83. The van der Waals surface area contributed by atoms with Crippen LogP contribution in [0.5, 0.6) is 0 Å². The van der Waals surface area contributed by atoms with Gasteiger partial charge in [-0.25, -0.2) is 5.84 Å². The monoisotopic (exact) mass is 247 g/mol. The van der Waals surface area contributed by atoms with Crippen molar-refractivity contribution in [2.75, 3.05) is 5.43 Å². The molecular weight excluding hydrogens is 226 g/mol. The molecular formula is C14H21N3O. The maximum Gasteiger partial charge on any atom is 0.241 e. The Morgan fingerprint density at radius 1 is 1.17 bits per heavy atom. The highest BCUT2D eigenvalue weighted by molar-refractivity contribution is 5.44. The first kappa shape index (κ1) is 10.9. The number of aromatic nitrogens is 1. The lowest BCUT2D eigenvalue weighted by molar-refractivity contribution is -0.00869. The number of hydrogen-bond acceptors (Lipinski definition) is 4. The first-order valence-corrected chi connectivity index (χ1v) is 7.13. The van der Waals surface area contributed by atoms with Gasteiger partial charge >= 0.3 is 0 Å². The van der Waals surface area contributed by atoms with Gasteiger partial charge in [-0.3, -0.25) is 5.43 Å². The molecule has 4 heteroatoms. The van der Waals surface area contributed by atoms with Crippen molar-refractivity contribution < 1.29 is 4.52 Å². The van der Waals surface area contributed by atoms with E-state index in [1.54, 1.807) is 0 Å². The lowest BCUT2D eigenvalue weighted by atomic mass is 9.48. The lowest BCUT2D eigenvalue weighted by Gasteiger charge is -2.56. The van der Waals surface area contributed by atoms with E-state index in [2.05, 4.69) is 17.5 Å². The first-order chi connectivity index (χ1) is 8.70. The molecule has 4 bridgehead atoms. The van der Waals surface area contributed by atoms with Crippen molar-refractivity contribution in [3.05, 3.63) is 11.3 Å². The standard InChI is InChI=1S/C14H21N3O/c1-8-12(17-18-13(8)16-15)14-5-9-2-10(6-14)4-11(3-9)7-14/h9-11,16H,2-7,15H2,1H3. The number of rotatable bonds is 2. The number of anilines is 1. The molecule has 5 rings (SSSR count). The summed E-state index contributed by atoms with van der Waals surface area (Å²) in [6.07, 6.45) is 8.32. The molecule has 0 aliphatic heterocycles. The molecule has 0 radical (unpaired) electrons. The Bertz CT molecular complexity index is 444. The Labute approximate surface area is 107 Å². The average Bonchev–Trinajstić information content (AvgIpc) is 2.69. The Morgan fingerprint density at radius 2 is 1.72 bits per heavy atom. The van der Waals surface area contributed by atoms with E-state index >= 15 is 0 Å². The molecule has 4 nitrogen and oxygen atoms in total. The van der Waals surface area contributed by atoms with Gasteiger partial charge in [-0.05, 0) is 63.2 Å². The third-order valence-electron chi connectivity index (χ3n) is 5.60. The SMILES string of the molecule is Cc1c(C23CC4CC(CC(C4)C2)C3)noc1NN. The van der Waals surface area contributed by atoms with E-state index in [0.29, 0.717) is 11.3 Å². The number of nitrogens with two attached hydrogens (primary N) is 1. The van der Waals surface area contributed by atoms with Crippen LogP contribution in [0.2, 0.25) is 0 Å². The van der Waals surface area contributed by atoms with Crippen LogP contribution in [0.3, 0.4) is 0 Å². The zero-order valence-corrected chi connectivity index (χ0v) is 10.9. The molecule has 18 heavy (non-hydrogen) atoms. The van der Waals surface area contributed by atoms with Crippen molar-refractivity contribution in [2.45, 2.75) is 50.9 Å². The van der Waals surface area contributed by atoms with Crippen LogP contribution in [0.15, 0.2) is 4.52 Å². The van der Waals surface area contributed by atoms with Crippen LogP contribution in [0.25, 0.3) is 0 Å². The predicted molar refractivity (Wildman–Crippen MR) is 68.9 cm³/mol. The molecule has 3 N–H and O–H groups in total. The van der Waals surface area contributed by atoms with Crippen molar-refractivity contribution >= 4 is 5.88 Å². The Hall–Kier alpha value is -1.03. The predicted octanol–water partition coefficient (Wildman–Crippen LogP) is 2.74. The lowest BCUT2D eigenvalue weighted by Crippen LogP contribution is -2.49. The van der Waals surface area contributed by atoms with Crippen LogP contribution in [0.4, 0.5) is 5.88 Å². The highest BCUT2D eigenvalue weighted by Gasteiger charge is 2.53. The quantitative estimate of drug-likeness (QED) is 0.623. The molecule has 4 aliphatic carbocycles. The number of nitrogens with one attached hydrogen (secondary N) is 1. The minimum atomic E-state index is 0.303. The highest BCUT2D eigenvalue weighted by atomic mass is 16.5. The summed E-state index contributed by atoms with van der Waals surface area (Å²) in [7, 11) is 0. The fourth-order valence-corrected chi connectivity index (χ4v) is 5.37. The van der Waals surface area contributed by atoms with Crippen molar-refractivity contribution in [3.8, 4) is 0 Å². The van der Waals surface area contributed by atoms with Gasteiger partial charge in [-0.2, -0.15) is 0 Å². The molecule has 1 aromatic rings. The summed E-state index contributed by atoms with van der Waals surface area (Å²) < 4.78 is 5.35. The fraction of sp³-hybridized carbons (Fsp3) is 0.786. The molecule has 4 aliphatic rings. The van der Waals surface area contributed by atoms with E-state index in [1.807, 2.05) is 0 Å². The summed E-state index contributed by atoms with van der Waals surface area (Å²) in [6, 6.07) is 0. The summed E-state index contributed by atoms with van der Waals surface area (Å²) in [5, 5.41) is 4.36. The van der Waals surface area contributed by atoms with Crippen molar-refractivity contribution in [3.63, 3.8) is 0 Å². The Balaban J connectivity index is 1.76. The minimum Gasteiger partial charge on any atom is -0.337 e. The summed E-state index contributed by atoms with van der Waals surface area (Å²) in [5.74, 6) is 8.91. The third-order valence-corrected chi connectivity index (χ3v) is 5.60. The Kier molecular flexibility index (Phi) is 2.11. The van der Waals surface area contributed by atoms with Gasteiger partial charge in [0.2, 0.25) is 5.88 Å². The van der Waals surface area contributed by atoms with Crippen LogP contribution in [-0.4, -0.2) is 5.16 Å². The van der Waals surface area contributed by atoms with E-state index in [9.17, 15) is 0 Å². The van der Waals surface area contributed by atoms with Gasteiger partial charge in [0.1, 0.15) is 0 Å². The van der Waals surface area contributed by atoms with Crippen LogP contribution in [0.1, 0.15) is 49.8 Å². The number of hydrazine groups is 1. The van der Waals surface area contributed by atoms with Crippen LogP contribution < -0.4 is 11.3 Å². The molecule has 0 aromatic carbocycles. The maximum atomic E-state index is 5.47. The summed E-state index contributed by atoms with van der Waals surface area (Å²) in [6.45, 7) is 2.08. The summed E-state index contributed by atoms with van der Waals surface area (Å²) in [4.78, 5) is 0. The molecule has 1 heterocycles. The van der Waals surface area contributed by atoms with Crippen molar-refractivity contribution in [1.29, 1.82) is 0 Å². The van der Waals surface area contributed by atoms with Crippen LogP contribution in [-0.2, 0) is 5.41 Å². The molecule has 0 amide bonds. The highest BCUT2D eigenvalue weighted by Crippen LogP contribution is 2.61. The van der Waals surface area contributed by atoms with E-state index < -0.39 is 0 Å². The molecule has 0 spiro atoms. The minimum absolute atomic E-state index is 0.303. The Morgan fingerprint density at radius 3 is 2.17 bits per heavy atom. The number of nitrogen functional groups attached to an aromatic ring is 1. The van der Waals surface area contributed by atoms with Gasteiger partial charge in [-0.15, -0.1) is 0 Å². The van der Waals surface area contributed by atoms with E-state index in [4.69, 9.17) is 10.4 Å². The molecule has 0 atom stereocenters. The molecule has 0 saturated heterocycles. The summed E-state index contributed by atoms with van der Waals surface area (Å²) >= 11 is 0. The molecule has 4 saturated carbocycles. The second-order valence-corrected chi connectivity index (χ2v) is 6.83. The zero-order valence-electron chi connectivity index (χ0n) is 10.9. The van der Waals surface area contributed by atoms with Gasteiger partial charge in [0.15, 0.2) is 0 Å². The maximum absolute atomic E-state index is 5.47. The van der Waals surface area contributed by atoms with Crippen molar-refractivity contribution in [1.82, 2.24) is 5.16 Å². The van der Waals surface area contributed by atoms with Crippen molar-refractivity contribution in [2.24, 2.45) is 23.6 Å². The van der Waals surface area contributed by atoms with E-state index in [1.165, 1.54) is 44.2 Å². The van der Waals surface area contributed by atoms with Gasteiger partial charge in [0.25, 0.3) is 0 Å². The molecule has 1 aromatic heterocycles. The van der Waals surface area contributed by atoms with E-state index in [-0.39, 0.29) is 0 Å². The molecule has 0 unspecified atom stereocenters. The smallest absolute Gasteiger partial charge is 0.241 e. The van der Waals surface area contributed by atoms with Gasteiger partial charge in [-0.1, -0.05) is 5.16 Å². The van der Waals surface area contributed by atoms with Crippen LogP contribution >= 0.6 is 0 Å². The molecule has 98 valence electrons. The first-order valence-electron chi connectivity index (χ1n) is 7.13. The average molecular weight is 247 g/mol. The number of nitrogens with zero attached hydrogens (tertiary/aromatic N) is 1. The normalized spacial score (nSPS) is 41.3. The zero-order chi connectivity index (χ0) is 12.3. The second kappa shape index (κ2) is 3.50. The van der Waals surface area contributed by atoms with Crippen LogP contribution in [0, 0.1) is 24.7 Å².